The number of hydrogen-bond donors (Lipinski definition) is 1. The molecule has 1 aromatic heterocycles. The minimum Gasteiger partial charge on any atom is -0.332 e. The number of hydrogen-bond acceptors (Lipinski definition) is 3. The summed E-state index contributed by atoms with van der Waals surface area (Å²) in [7, 11) is -1.73. The average molecular weight is 283 g/mol. The number of aromatic nitrogens is 2. The van der Waals surface area contributed by atoms with Crippen molar-refractivity contribution in [3.05, 3.63) is 12.0 Å². The Balaban J connectivity index is 1.71. The summed E-state index contributed by atoms with van der Waals surface area (Å²) in [5.74, 6) is 2.76. The zero-order valence-corrected chi connectivity index (χ0v) is 12.3. The number of aromatic amines is 1. The van der Waals surface area contributed by atoms with Crippen LogP contribution < -0.4 is 0 Å². The second kappa shape index (κ2) is 4.59. The summed E-state index contributed by atoms with van der Waals surface area (Å²) in [6.45, 7) is 2.40. The summed E-state index contributed by atoms with van der Waals surface area (Å²) >= 11 is 0. The van der Waals surface area contributed by atoms with Crippen LogP contribution in [0.2, 0.25) is 0 Å². The molecule has 2 aliphatic carbocycles. The molecule has 106 valence electrons. The molecule has 1 aromatic rings. The van der Waals surface area contributed by atoms with Gasteiger partial charge in [-0.3, -0.25) is 0 Å². The van der Waals surface area contributed by atoms with Gasteiger partial charge in [-0.15, -0.1) is 0 Å². The maximum Gasteiger partial charge on any atom is 0.259 e. The summed E-state index contributed by atoms with van der Waals surface area (Å²) in [6, 6.07) is 0. The minimum atomic E-state index is -3.41. The third kappa shape index (κ3) is 2.31. The van der Waals surface area contributed by atoms with Crippen LogP contribution in [0.5, 0.6) is 0 Å². The summed E-state index contributed by atoms with van der Waals surface area (Å²) in [6.07, 6.45) is 6.54. The first-order valence-corrected chi connectivity index (χ1v) is 8.39. The van der Waals surface area contributed by atoms with Crippen molar-refractivity contribution in [1.29, 1.82) is 0 Å². The van der Waals surface area contributed by atoms with E-state index < -0.39 is 10.0 Å². The molecular formula is C13H21N3O2S. The molecule has 0 aromatic carbocycles. The van der Waals surface area contributed by atoms with E-state index >= 15 is 0 Å². The lowest BCUT2D eigenvalue weighted by atomic mass is 9.89. The van der Waals surface area contributed by atoms with E-state index in [1.807, 2.05) is 0 Å². The van der Waals surface area contributed by atoms with E-state index in [-0.39, 0.29) is 5.03 Å². The number of nitrogens with zero attached hydrogens (tertiary/aromatic N) is 2. The van der Waals surface area contributed by atoms with E-state index in [1.165, 1.54) is 36.2 Å². The van der Waals surface area contributed by atoms with Gasteiger partial charge in [0.1, 0.15) is 5.82 Å². The molecule has 6 heteroatoms. The molecule has 0 aliphatic heterocycles. The number of H-pyrrole nitrogens is 1. The Morgan fingerprint density at radius 3 is 2.74 bits per heavy atom. The van der Waals surface area contributed by atoms with Crippen molar-refractivity contribution < 1.29 is 8.42 Å². The second-order valence-corrected chi connectivity index (χ2v) is 8.07. The highest BCUT2D eigenvalue weighted by molar-refractivity contribution is 7.89. The molecule has 3 unspecified atom stereocenters. The molecule has 2 fully saturated rings. The number of imidazole rings is 1. The topological polar surface area (TPSA) is 66.1 Å². The minimum absolute atomic E-state index is 0.204. The van der Waals surface area contributed by atoms with Gasteiger partial charge in [0.25, 0.3) is 10.0 Å². The first kappa shape index (κ1) is 13.1. The van der Waals surface area contributed by atoms with Gasteiger partial charge in [0.2, 0.25) is 0 Å². The molecule has 0 spiro atoms. The lowest BCUT2D eigenvalue weighted by Gasteiger charge is -2.26. The third-order valence-corrected chi connectivity index (χ3v) is 6.48. The molecule has 2 aliphatic rings. The number of rotatable bonds is 4. The van der Waals surface area contributed by atoms with Crippen LogP contribution >= 0.6 is 0 Å². The largest absolute Gasteiger partial charge is 0.332 e. The van der Waals surface area contributed by atoms with Crippen molar-refractivity contribution in [2.75, 3.05) is 13.6 Å². The summed E-state index contributed by atoms with van der Waals surface area (Å²) in [5.41, 5.74) is 0. The van der Waals surface area contributed by atoms with Gasteiger partial charge in [-0.1, -0.05) is 6.42 Å². The van der Waals surface area contributed by atoms with Crippen LogP contribution in [0.3, 0.4) is 0 Å². The van der Waals surface area contributed by atoms with Gasteiger partial charge in [-0.2, -0.15) is 4.31 Å². The average Bonchev–Trinajstić information content (AvgIpc) is 3.04. The molecule has 0 amide bonds. The van der Waals surface area contributed by atoms with Crippen molar-refractivity contribution >= 4 is 10.0 Å². The fraction of sp³-hybridized carbons (Fsp3) is 0.769. The third-order valence-electron chi connectivity index (χ3n) is 4.74. The van der Waals surface area contributed by atoms with E-state index in [0.717, 1.165) is 11.8 Å². The molecular weight excluding hydrogens is 262 g/mol. The van der Waals surface area contributed by atoms with Gasteiger partial charge < -0.3 is 4.98 Å². The van der Waals surface area contributed by atoms with Gasteiger partial charge >= 0.3 is 0 Å². The monoisotopic (exact) mass is 283 g/mol. The zero-order chi connectivity index (χ0) is 13.6. The van der Waals surface area contributed by atoms with E-state index in [0.29, 0.717) is 18.3 Å². The van der Waals surface area contributed by atoms with Crippen molar-refractivity contribution in [2.45, 2.75) is 37.6 Å². The first-order valence-electron chi connectivity index (χ1n) is 6.95. The standard InChI is InChI=1S/C13H21N3O2S/c1-9-14-7-13(15-9)19(17,18)16(2)8-12-6-10-3-4-11(12)5-10/h7,10-12H,3-6,8H2,1-2H3,(H,14,15). The predicted octanol–water partition coefficient (Wildman–Crippen LogP) is 1.77. The second-order valence-electron chi connectivity index (χ2n) is 6.05. The molecule has 2 saturated carbocycles. The Kier molecular flexibility index (Phi) is 3.17. The Morgan fingerprint density at radius 2 is 2.21 bits per heavy atom. The van der Waals surface area contributed by atoms with Crippen LogP contribution in [-0.2, 0) is 10.0 Å². The Bertz CT molecular complexity index is 566. The van der Waals surface area contributed by atoms with E-state index in [4.69, 9.17) is 0 Å². The summed E-state index contributed by atoms with van der Waals surface area (Å²) < 4.78 is 26.3. The molecule has 2 bridgehead atoms. The lowest BCUT2D eigenvalue weighted by Crippen LogP contribution is -2.34. The Labute approximate surface area is 114 Å². The molecule has 5 nitrogen and oxygen atoms in total. The summed E-state index contributed by atoms with van der Waals surface area (Å²) in [4.78, 5) is 6.79. The van der Waals surface area contributed by atoms with Crippen molar-refractivity contribution in [3.63, 3.8) is 0 Å². The van der Waals surface area contributed by atoms with E-state index in [1.54, 1.807) is 14.0 Å². The van der Waals surface area contributed by atoms with Crippen molar-refractivity contribution in [3.8, 4) is 0 Å². The van der Waals surface area contributed by atoms with Gasteiger partial charge in [0.15, 0.2) is 5.03 Å². The fourth-order valence-corrected chi connectivity index (χ4v) is 4.91. The lowest BCUT2D eigenvalue weighted by molar-refractivity contribution is 0.280. The zero-order valence-electron chi connectivity index (χ0n) is 11.5. The van der Waals surface area contributed by atoms with Gasteiger partial charge in [0.05, 0.1) is 6.20 Å². The van der Waals surface area contributed by atoms with Crippen LogP contribution in [-0.4, -0.2) is 36.3 Å². The maximum absolute atomic E-state index is 12.4. The highest BCUT2D eigenvalue weighted by Gasteiger charge is 2.41. The Morgan fingerprint density at radius 1 is 1.42 bits per heavy atom. The van der Waals surface area contributed by atoms with Crippen LogP contribution in [0.25, 0.3) is 0 Å². The smallest absolute Gasteiger partial charge is 0.259 e. The maximum atomic E-state index is 12.4. The molecule has 0 radical (unpaired) electrons. The van der Waals surface area contributed by atoms with E-state index in [2.05, 4.69) is 9.97 Å². The molecule has 1 N–H and O–H groups in total. The number of nitrogens with one attached hydrogen (secondary N) is 1. The van der Waals surface area contributed by atoms with Crippen molar-refractivity contribution in [1.82, 2.24) is 14.3 Å². The van der Waals surface area contributed by atoms with E-state index in [9.17, 15) is 8.42 Å². The van der Waals surface area contributed by atoms with Crippen LogP contribution in [0, 0.1) is 24.7 Å². The number of fused-ring (bicyclic) bond motifs is 2. The van der Waals surface area contributed by atoms with Crippen LogP contribution in [0.15, 0.2) is 11.2 Å². The van der Waals surface area contributed by atoms with Gasteiger partial charge in [-0.25, -0.2) is 13.4 Å². The predicted molar refractivity (Wildman–Crippen MR) is 72.1 cm³/mol. The fourth-order valence-electron chi connectivity index (χ4n) is 3.73. The van der Waals surface area contributed by atoms with Crippen LogP contribution in [0.1, 0.15) is 31.5 Å². The highest BCUT2D eigenvalue weighted by Crippen LogP contribution is 2.48. The molecule has 3 rings (SSSR count). The Hall–Kier alpha value is -0.880. The molecule has 1 heterocycles. The highest BCUT2D eigenvalue weighted by atomic mass is 32.2. The van der Waals surface area contributed by atoms with Gasteiger partial charge in [0, 0.05) is 13.6 Å². The normalized spacial score (nSPS) is 30.4. The van der Waals surface area contributed by atoms with Gasteiger partial charge in [-0.05, 0) is 43.9 Å². The molecule has 0 saturated heterocycles. The molecule has 3 atom stereocenters. The number of aryl methyl sites for hydroxylation is 1. The molecule has 19 heavy (non-hydrogen) atoms. The number of sulfonamides is 1. The quantitative estimate of drug-likeness (QED) is 0.916. The summed E-state index contributed by atoms with van der Waals surface area (Å²) in [5, 5.41) is 0.204. The van der Waals surface area contributed by atoms with Crippen LogP contribution in [0.4, 0.5) is 0 Å². The van der Waals surface area contributed by atoms with Crippen molar-refractivity contribution in [2.24, 2.45) is 17.8 Å². The SMILES string of the molecule is Cc1ncc(S(=O)(=O)N(C)CC2CC3CCC2C3)[nH]1. The first-order chi connectivity index (χ1) is 8.96.